The summed E-state index contributed by atoms with van der Waals surface area (Å²) in [5.74, 6) is -1.41. The number of ether oxygens (including phenoxy) is 2. The average molecular weight is 332 g/mol. The van der Waals surface area contributed by atoms with Crippen LogP contribution in [0.5, 0.6) is 0 Å². The lowest BCUT2D eigenvalue weighted by Gasteiger charge is -2.28. The van der Waals surface area contributed by atoms with E-state index >= 15 is 0 Å². The number of carbonyl (C=O) groups is 2. The Balaban J connectivity index is 2.05. The third kappa shape index (κ3) is 3.17. The predicted octanol–water partition coefficient (Wildman–Crippen LogP) is 0.605. The van der Waals surface area contributed by atoms with Crippen molar-refractivity contribution in [1.29, 1.82) is 0 Å². The molecule has 0 radical (unpaired) electrons. The number of rotatable bonds is 6. The van der Waals surface area contributed by atoms with Crippen LogP contribution in [0.2, 0.25) is 0 Å². The quantitative estimate of drug-likeness (QED) is 0.432. The van der Waals surface area contributed by atoms with Gasteiger partial charge in [0.15, 0.2) is 6.61 Å². The van der Waals surface area contributed by atoms with Gasteiger partial charge in [0.05, 0.1) is 0 Å². The second-order valence-corrected chi connectivity index (χ2v) is 6.83. The molecule has 0 heterocycles. The Hall–Kier alpha value is -1.41. The van der Waals surface area contributed by atoms with Gasteiger partial charge in [0.25, 0.3) is 11.0 Å². The van der Waals surface area contributed by atoms with Gasteiger partial charge in [-0.1, -0.05) is 20.4 Å². The van der Waals surface area contributed by atoms with Crippen molar-refractivity contribution in [3.8, 4) is 0 Å². The molecule has 0 aliphatic heterocycles. The van der Waals surface area contributed by atoms with E-state index in [1.165, 1.54) is 0 Å². The molecule has 22 heavy (non-hydrogen) atoms. The molecule has 124 valence electrons. The molecule has 0 spiro atoms. The van der Waals surface area contributed by atoms with Crippen LogP contribution in [0.1, 0.15) is 26.7 Å². The summed E-state index contributed by atoms with van der Waals surface area (Å²) in [6, 6.07) is 0. The van der Waals surface area contributed by atoms with Gasteiger partial charge in [-0.05, 0) is 24.2 Å². The zero-order chi connectivity index (χ0) is 16.5. The van der Waals surface area contributed by atoms with E-state index in [4.69, 9.17) is 8.92 Å². The van der Waals surface area contributed by atoms with Crippen molar-refractivity contribution in [2.45, 2.75) is 38.9 Å². The largest absolute Gasteiger partial charge is 0.457 e. The van der Waals surface area contributed by atoms with Crippen LogP contribution in [0.15, 0.2) is 12.7 Å². The van der Waals surface area contributed by atoms with Gasteiger partial charge < -0.3 is 9.47 Å². The highest BCUT2D eigenvalue weighted by atomic mass is 32.2. The number of hydrogen-bond acceptors (Lipinski definition) is 7. The van der Waals surface area contributed by atoms with Gasteiger partial charge in [0, 0.05) is 12.0 Å². The van der Waals surface area contributed by atoms with Crippen molar-refractivity contribution in [3.05, 3.63) is 12.7 Å². The topological polar surface area (TPSA) is 96.0 Å². The first-order valence-corrected chi connectivity index (χ1v) is 8.16. The van der Waals surface area contributed by atoms with Gasteiger partial charge in [0.2, 0.25) is 0 Å². The van der Waals surface area contributed by atoms with Crippen molar-refractivity contribution >= 4 is 22.9 Å². The molecule has 4 atom stereocenters. The fourth-order valence-corrected chi connectivity index (χ4v) is 4.23. The minimum Gasteiger partial charge on any atom is -0.457 e. The smallest absolute Gasteiger partial charge is 0.344 e. The Labute approximate surface area is 130 Å². The Bertz CT molecular complexity index is 543. The highest BCUT2D eigenvalue weighted by Crippen LogP contribution is 2.59. The molecule has 2 bridgehead atoms. The van der Waals surface area contributed by atoms with Crippen LogP contribution in [0, 0.1) is 17.3 Å². The number of carbonyl (C=O) groups excluding carboxylic acids is 2. The van der Waals surface area contributed by atoms with E-state index < -0.39 is 41.7 Å². The van der Waals surface area contributed by atoms with Crippen molar-refractivity contribution in [2.75, 3.05) is 6.61 Å². The monoisotopic (exact) mass is 332 g/mol. The fourth-order valence-electron chi connectivity index (χ4n) is 3.77. The normalized spacial score (nSPS) is 32.0. The molecule has 2 rings (SSSR count). The molecule has 8 heteroatoms. The van der Waals surface area contributed by atoms with E-state index in [0.29, 0.717) is 0 Å². The molecule has 7 nitrogen and oxygen atoms in total. The maximum Gasteiger partial charge on any atom is 0.344 e. The maximum atomic E-state index is 11.8. The van der Waals surface area contributed by atoms with Crippen LogP contribution in [-0.2, 0) is 34.2 Å². The first kappa shape index (κ1) is 17.0. The molecule has 2 aliphatic carbocycles. The number of hydrogen-bond donors (Lipinski definition) is 1. The van der Waals surface area contributed by atoms with Gasteiger partial charge in [-0.25, -0.2) is 18.0 Å². The van der Waals surface area contributed by atoms with Crippen LogP contribution in [0.3, 0.4) is 0 Å². The lowest BCUT2D eigenvalue weighted by Crippen LogP contribution is -2.39. The molecular weight excluding hydrogens is 312 g/mol. The number of esters is 2. The average Bonchev–Trinajstić information content (AvgIpc) is 2.83. The molecule has 0 aromatic carbocycles. The summed E-state index contributed by atoms with van der Waals surface area (Å²) in [5.41, 5.74) is -0.168. The summed E-state index contributed by atoms with van der Waals surface area (Å²) < 4.78 is 36.8. The molecule has 0 aromatic heterocycles. The predicted molar refractivity (Wildman–Crippen MR) is 76.2 cm³/mol. The zero-order valence-corrected chi connectivity index (χ0v) is 13.4. The summed E-state index contributed by atoms with van der Waals surface area (Å²) in [7, 11) is -3.03. The second kappa shape index (κ2) is 6.37. The number of thiol groups is 1. The van der Waals surface area contributed by atoms with Gasteiger partial charge in [-0.2, -0.15) is 0 Å². The van der Waals surface area contributed by atoms with E-state index in [1.807, 2.05) is 13.8 Å². The zero-order valence-electron chi connectivity index (χ0n) is 12.5. The van der Waals surface area contributed by atoms with Gasteiger partial charge in [-0.3, -0.25) is 4.18 Å². The first-order chi connectivity index (χ1) is 10.3. The fraction of sp³-hybridized carbons (Fsp3) is 0.714. The highest BCUT2D eigenvalue weighted by Gasteiger charge is 2.61. The Morgan fingerprint density at radius 3 is 2.36 bits per heavy atom. The third-order valence-corrected chi connectivity index (χ3v) is 5.21. The van der Waals surface area contributed by atoms with Crippen LogP contribution in [-0.4, -0.2) is 39.2 Å². The molecule has 4 unspecified atom stereocenters. The molecule has 0 amide bonds. The molecule has 2 aliphatic rings. The van der Waals surface area contributed by atoms with Crippen molar-refractivity contribution in [2.24, 2.45) is 17.3 Å². The standard InChI is InChI=1S/C14H20O7S/c1-4-10(15)19-7-11(16)20-12-8-5-6-9(14(8,2)3)13(12)21-22(17)18/h4,8-9,12-13,22H,1,5-7H2,2-3H3. The van der Waals surface area contributed by atoms with Crippen molar-refractivity contribution in [3.63, 3.8) is 0 Å². The number of fused-ring (bicyclic) bond motifs is 2. The van der Waals surface area contributed by atoms with E-state index in [-0.39, 0.29) is 17.3 Å². The minimum atomic E-state index is -3.03. The highest BCUT2D eigenvalue weighted by molar-refractivity contribution is 7.67. The lowest BCUT2D eigenvalue weighted by molar-refractivity contribution is -0.166. The van der Waals surface area contributed by atoms with Gasteiger partial charge in [-0.15, -0.1) is 0 Å². The summed E-state index contributed by atoms with van der Waals surface area (Å²) in [5, 5.41) is 0. The maximum absolute atomic E-state index is 11.8. The van der Waals surface area contributed by atoms with Gasteiger partial charge >= 0.3 is 11.9 Å². The minimum absolute atomic E-state index is 0.0129. The second-order valence-electron chi connectivity index (χ2n) is 6.17. The van der Waals surface area contributed by atoms with Crippen LogP contribution >= 0.6 is 0 Å². The molecule has 0 N–H and O–H groups in total. The summed E-state index contributed by atoms with van der Waals surface area (Å²) in [4.78, 5) is 22.7. The Morgan fingerprint density at radius 1 is 1.23 bits per heavy atom. The molecule has 2 saturated carbocycles. The van der Waals surface area contributed by atoms with Crippen LogP contribution in [0.25, 0.3) is 0 Å². The summed E-state index contributed by atoms with van der Waals surface area (Å²) in [6.07, 6.45) is 1.32. The van der Waals surface area contributed by atoms with Gasteiger partial charge in [0.1, 0.15) is 12.2 Å². The van der Waals surface area contributed by atoms with Crippen LogP contribution in [0.4, 0.5) is 0 Å². The summed E-state index contributed by atoms with van der Waals surface area (Å²) in [6.45, 7) is 6.74. The van der Waals surface area contributed by atoms with Crippen molar-refractivity contribution in [1.82, 2.24) is 0 Å². The SMILES string of the molecule is C=CC(=O)OCC(=O)OC1C(O[SH](=O)=O)C2CCC1C2(C)C. The summed E-state index contributed by atoms with van der Waals surface area (Å²) >= 11 is 0. The lowest BCUT2D eigenvalue weighted by atomic mass is 9.82. The molecule has 0 aromatic rings. The van der Waals surface area contributed by atoms with E-state index in [0.717, 1.165) is 18.9 Å². The third-order valence-electron chi connectivity index (χ3n) is 4.79. The van der Waals surface area contributed by atoms with Crippen LogP contribution < -0.4 is 0 Å². The molecule has 2 fully saturated rings. The Kier molecular flexibility index (Phi) is 4.91. The van der Waals surface area contributed by atoms with Crippen molar-refractivity contribution < 1.29 is 31.7 Å². The van der Waals surface area contributed by atoms with E-state index in [9.17, 15) is 18.0 Å². The molecule has 0 saturated heterocycles. The van der Waals surface area contributed by atoms with E-state index in [2.05, 4.69) is 11.3 Å². The Morgan fingerprint density at radius 2 is 1.82 bits per heavy atom. The molecular formula is C14H20O7S. The first-order valence-electron chi connectivity index (χ1n) is 7.07. The van der Waals surface area contributed by atoms with E-state index in [1.54, 1.807) is 0 Å².